The Labute approximate surface area is 98.8 Å². The highest BCUT2D eigenvalue weighted by Gasteiger charge is 2.26. The first-order chi connectivity index (χ1) is 8.25. The number of aryl methyl sites for hydroxylation is 1. The molecule has 3 nitrogen and oxygen atoms in total. The lowest BCUT2D eigenvalue weighted by molar-refractivity contribution is 0.0401. The predicted octanol–water partition coefficient (Wildman–Crippen LogP) is 2.45. The van der Waals surface area contributed by atoms with Crippen LogP contribution in [-0.2, 0) is 11.3 Å². The van der Waals surface area contributed by atoms with Crippen molar-refractivity contribution in [3.8, 4) is 0 Å². The summed E-state index contributed by atoms with van der Waals surface area (Å²) in [6.45, 7) is 3.23. The van der Waals surface area contributed by atoms with Gasteiger partial charge in [-0.2, -0.15) is 5.10 Å². The third-order valence-electron chi connectivity index (χ3n) is 2.98. The van der Waals surface area contributed by atoms with Gasteiger partial charge in [0.2, 0.25) is 0 Å². The first-order valence-electron chi connectivity index (χ1n) is 5.66. The van der Waals surface area contributed by atoms with E-state index >= 15 is 0 Å². The fraction of sp³-hybridized carbons (Fsp3) is 0.308. The van der Waals surface area contributed by atoms with Gasteiger partial charge in [0.25, 0.3) is 0 Å². The van der Waals surface area contributed by atoms with E-state index in [2.05, 4.69) is 5.10 Å². The lowest BCUT2D eigenvalue weighted by Gasteiger charge is -2.24. The Balaban J connectivity index is 2.09. The molecule has 1 aromatic carbocycles. The van der Waals surface area contributed by atoms with Gasteiger partial charge in [0.15, 0.2) is 0 Å². The molecule has 3 rings (SSSR count). The van der Waals surface area contributed by atoms with E-state index in [1.54, 1.807) is 12.1 Å². The third kappa shape index (κ3) is 1.74. The molecule has 0 saturated carbocycles. The lowest BCUT2D eigenvalue weighted by atomic mass is 10.0. The van der Waals surface area contributed by atoms with Crippen LogP contribution in [0.2, 0.25) is 0 Å². The summed E-state index contributed by atoms with van der Waals surface area (Å²) in [4.78, 5) is 0. The average molecular weight is 232 g/mol. The van der Waals surface area contributed by atoms with Crippen molar-refractivity contribution in [1.29, 1.82) is 0 Å². The van der Waals surface area contributed by atoms with E-state index < -0.39 is 0 Å². The van der Waals surface area contributed by atoms with Crippen LogP contribution in [0.4, 0.5) is 4.39 Å². The SMILES string of the molecule is Cc1cc2n(n1)CCOC2c1ccccc1F. The van der Waals surface area contributed by atoms with E-state index in [0.717, 1.165) is 17.9 Å². The van der Waals surface area contributed by atoms with Gasteiger partial charge >= 0.3 is 0 Å². The Morgan fingerprint density at radius 3 is 3.06 bits per heavy atom. The Morgan fingerprint density at radius 1 is 1.41 bits per heavy atom. The van der Waals surface area contributed by atoms with Crippen LogP contribution in [0.3, 0.4) is 0 Å². The summed E-state index contributed by atoms with van der Waals surface area (Å²) in [5.41, 5.74) is 2.44. The van der Waals surface area contributed by atoms with Crippen LogP contribution >= 0.6 is 0 Å². The molecular weight excluding hydrogens is 219 g/mol. The zero-order valence-electron chi connectivity index (χ0n) is 9.56. The van der Waals surface area contributed by atoms with E-state index in [-0.39, 0.29) is 11.9 Å². The molecule has 0 N–H and O–H groups in total. The first-order valence-corrected chi connectivity index (χ1v) is 5.66. The molecule has 1 aromatic heterocycles. The molecule has 1 atom stereocenters. The summed E-state index contributed by atoms with van der Waals surface area (Å²) in [6.07, 6.45) is -0.342. The average Bonchev–Trinajstić information content (AvgIpc) is 2.70. The van der Waals surface area contributed by atoms with Gasteiger partial charge < -0.3 is 4.74 Å². The molecule has 4 heteroatoms. The molecule has 0 aliphatic carbocycles. The Bertz CT molecular complexity index is 550. The van der Waals surface area contributed by atoms with Crippen molar-refractivity contribution in [2.45, 2.75) is 19.6 Å². The van der Waals surface area contributed by atoms with E-state index in [1.807, 2.05) is 23.7 Å². The minimum atomic E-state index is -0.342. The van der Waals surface area contributed by atoms with Gasteiger partial charge in [0.05, 0.1) is 24.5 Å². The van der Waals surface area contributed by atoms with Crippen LogP contribution < -0.4 is 0 Å². The molecule has 1 aliphatic rings. The molecule has 0 spiro atoms. The molecule has 17 heavy (non-hydrogen) atoms. The summed E-state index contributed by atoms with van der Waals surface area (Å²) >= 11 is 0. The fourth-order valence-corrected chi connectivity index (χ4v) is 2.23. The maximum absolute atomic E-state index is 13.8. The van der Waals surface area contributed by atoms with Gasteiger partial charge in [0.1, 0.15) is 11.9 Å². The van der Waals surface area contributed by atoms with Crippen LogP contribution in [-0.4, -0.2) is 16.4 Å². The monoisotopic (exact) mass is 232 g/mol. The molecule has 0 amide bonds. The second-order valence-electron chi connectivity index (χ2n) is 4.21. The summed E-state index contributed by atoms with van der Waals surface area (Å²) in [5.74, 6) is -0.232. The first kappa shape index (κ1) is 10.5. The van der Waals surface area contributed by atoms with E-state index in [1.165, 1.54) is 6.07 Å². The molecule has 88 valence electrons. The molecule has 0 saturated heterocycles. The molecule has 2 aromatic rings. The maximum Gasteiger partial charge on any atom is 0.129 e. The summed E-state index contributed by atoms with van der Waals surface area (Å²) < 4.78 is 21.3. The molecule has 2 heterocycles. The number of hydrogen-bond donors (Lipinski definition) is 0. The standard InChI is InChI=1S/C13H13FN2O/c1-9-8-12-13(17-7-6-16(12)15-9)10-4-2-3-5-11(10)14/h2-5,8,13H,6-7H2,1H3. The summed E-state index contributed by atoms with van der Waals surface area (Å²) in [6, 6.07) is 8.68. The zero-order chi connectivity index (χ0) is 11.8. The summed E-state index contributed by atoms with van der Waals surface area (Å²) in [5, 5.41) is 4.37. The third-order valence-corrected chi connectivity index (χ3v) is 2.98. The smallest absolute Gasteiger partial charge is 0.129 e. The van der Waals surface area contributed by atoms with E-state index in [9.17, 15) is 4.39 Å². The van der Waals surface area contributed by atoms with E-state index in [0.29, 0.717) is 12.2 Å². The highest BCUT2D eigenvalue weighted by atomic mass is 19.1. The van der Waals surface area contributed by atoms with Crippen molar-refractivity contribution in [3.63, 3.8) is 0 Å². The van der Waals surface area contributed by atoms with Crippen molar-refractivity contribution in [2.24, 2.45) is 0 Å². The van der Waals surface area contributed by atoms with Gasteiger partial charge in [-0.3, -0.25) is 4.68 Å². The Morgan fingerprint density at radius 2 is 2.24 bits per heavy atom. The molecule has 1 aliphatic heterocycles. The van der Waals surface area contributed by atoms with Gasteiger partial charge in [-0.1, -0.05) is 18.2 Å². The minimum absolute atomic E-state index is 0.232. The van der Waals surface area contributed by atoms with Crippen LogP contribution in [0.25, 0.3) is 0 Å². The minimum Gasteiger partial charge on any atom is -0.365 e. The van der Waals surface area contributed by atoms with Crippen molar-refractivity contribution < 1.29 is 9.13 Å². The second kappa shape index (κ2) is 3.96. The second-order valence-corrected chi connectivity index (χ2v) is 4.21. The van der Waals surface area contributed by atoms with Crippen LogP contribution in [0.15, 0.2) is 30.3 Å². The molecule has 0 fully saturated rings. The Kier molecular flexibility index (Phi) is 2.44. The molecule has 0 radical (unpaired) electrons. The number of halogens is 1. The topological polar surface area (TPSA) is 27.1 Å². The van der Waals surface area contributed by atoms with Crippen LogP contribution in [0, 0.1) is 12.7 Å². The molecular formula is C13H13FN2O. The summed E-state index contributed by atoms with van der Waals surface area (Å²) in [7, 11) is 0. The highest BCUT2D eigenvalue weighted by Crippen LogP contribution is 2.30. The maximum atomic E-state index is 13.8. The highest BCUT2D eigenvalue weighted by molar-refractivity contribution is 5.29. The van der Waals surface area contributed by atoms with Gasteiger partial charge in [-0.25, -0.2) is 4.39 Å². The number of nitrogens with zero attached hydrogens (tertiary/aromatic N) is 2. The quantitative estimate of drug-likeness (QED) is 0.755. The van der Waals surface area contributed by atoms with Crippen molar-refractivity contribution >= 4 is 0 Å². The molecule has 1 unspecified atom stereocenters. The number of ether oxygens (including phenoxy) is 1. The number of rotatable bonds is 1. The van der Waals surface area contributed by atoms with Crippen molar-refractivity contribution in [3.05, 3.63) is 53.1 Å². The van der Waals surface area contributed by atoms with Gasteiger partial charge in [0, 0.05) is 5.56 Å². The fourth-order valence-electron chi connectivity index (χ4n) is 2.23. The number of fused-ring (bicyclic) bond motifs is 1. The lowest BCUT2D eigenvalue weighted by Crippen LogP contribution is -2.23. The number of hydrogen-bond acceptors (Lipinski definition) is 2. The molecule has 0 bridgehead atoms. The zero-order valence-corrected chi connectivity index (χ0v) is 9.56. The van der Waals surface area contributed by atoms with E-state index in [4.69, 9.17) is 4.74 Å². The van der Waals surface area contributed by atoms with Gasteiger partial charge in [-0.05, 0) is 19.1 Å². The van der Waals surface area contributed by atoms with Gasteiger partial charge in [-0.15, -0.1) is 0 Å². The van der Waals surface area contributed by atoms with Crippen molar-refractivity contribution in [1.82, 2.24) is 9.78 Å². The number of aromatic nitrogens is 2. The largest absolute Gasteiger partial charge is 0.365 e. The van der Waals surface area contributed by atoms with Crippen LogP contribution in [0.1, 0.15) is 23.1 Å². The van der Waals surface area contributed by atoms with Crippen molar-refractivity contribution in [2.75, 3.05) is 6.61 Å². The predicted molar refractivity (Wildman–Crippen MR) is 61.2 cm³/mol. The Hall–Kier alpha value is -1.68. The van der Waals surface area contributed by atoms with Crippen LogP contribution in [0.5, 0.6) is 0 Å². The normalized spacial score (nSPS) is 19.1. The number of benzene rings is 1.